The van der Waals surface area contributed by atoms with E-state index in [0.717, 1.165) is 18.4 Å². The Bertz CT molecular complexity index is 311. The van der Waals surface area contributed by atoms with Gasteiger partial charge in [0.2, 0.25) is 0 Å². The van der Waals surface area contributed by atoms with E-state index in [0.29, 0.717) is 0 Å². The molecule has 1 aromatic heterocycles. The molecule has 1 aliphatic carbocycles. The van der Waals surface area contributed by atoms with Crippen LogP contribution >= 0.6 is 0 Å². The maximum absolute atomic E-state index is 6.18. The average Bonchev–Trinajstić information content (AvgIpc) is 2.50. The molecule has 0 saturated heterocycles. The molecule has 0 aliphatic heterocycles. The largest absolute Gasteiger partial charge is 0.376 e. The summed E-state index contributed by atoms with van der Waals surface area (Å²) in [6.07, 6.45) is 7.11. The number of hydrogen-bond donors (Lipinski definition) is 1. The van der Waals surface area contributed by atoms with E-state index in [1.165, 1.54) is 6.42 Å². The van der Waals surface area contributed by atoms with Gasteiger partial charge in [0.15, 0.2) is 0 Å². The van der Waals surface area contributed by atoms with Crippen LogP contribution in [0.1, 0.15) is 30.9 Å². The summed E-state index contributed by atoms with van der Waals surface area (Å²) in [5.41, 5.74) is 7.11. The van der Waals surface area contributed by atoms with Crippen molar-refractivity contribution in [3.63, 3.8) is 0 Å². The summed E-state index contributed by atoms with van der Waals surface area (Å²) >= 11 is 0. The number of methoxy groups -OCH3 is 1. The second-order valence-corrected chi connectivity index (χ2v) is 4.05. The minimum Gasteiger partial charge on any atom is -0.376 e. The lowest BCUT2D eigenvalue weighted by Gasteiger charge is -2.44. The molecule has 0 amide bonds. The lowest BCUT2D eigenvalue weighted by atomic mass is 9.73. The van der Waals surface area contributed by atoms with Crippen molar-refractivity contribution >= 4 is 0 Å². The van der Waals surface area contributed by atoms with Gasteiger partial charge in [0, 0.05) is 25.9 Å². The number of hydrogen-bond acceptors (Lipinski definition) is 3. The summed E-state index contributed by atoms with van der Waals surface area (Å²) in [5.74, 6) is 0. The summed E-state index contributed by atoms with van der Waals surface area (Å²) in [7, 11) is 3.64. The monoisotopic (exact) mass is 195 g/mol. The molecule has 4 nitrogen and oxygen atoms in total. The first-order chi connectivity index (χ1) is 6.68. The fourth-order valence-corrected chi connectivity index (χ4v) is 2.07. The first kappa shape index (κ1) is 9.68. The van der Waals surface area contributed by atoms with Crippen LogP contribution in [0.25, 0.3) is 0 Å². The molecule has 0 spiro atoms. The minimum atomic E-state index is -0.136. The Labute approximate surface area is 84.0 Å². The third-order valence-corrected chi connectivity index (χ3v) is 3.26. The van der Waals surface area contributed by atoms with Crippen LogP contribution in [0.3, 0.4) is 0 Å². The maximum Gasteiger partial charge on any atom is 0.0871 e. The fraction of sp³-hybridized carbons (Fsp3) is 0.700. The van der Waals surface area contributed by atoms with Crippen LogP contribution in [0.15, 0.2) is 12.4 Å². The van der Waals surface area contributed by atoms with Gasteiger partial charge >= 0.3 is 0 Å². The third-order valence-electron chi connectivity index (χ3n) is 3.26. The molecule has 14 heavy (non-hydrogen) atoms. The van der Waals surface area contributed by atoms with Crippen molar-refractivity contribution in [2.45, 2.75) is 30.9 Å². The normalized spacial score (nSPS) is 21.6. The molecule has 1 unspecified atom stereocenters. The average molecular weight is 195 g/mol. The van der Waals surface area contributed by atoms with Gasteiger partial charge in [-0.05, 0) is 19.3 Å². The summed E-state index contributed by atoms with van der Waals surface area (Å²) < 4.78 is 7.31. The van der Waals surface area contributed by atoms with Gasteiger partial charge in [-0.3, -0.25) is 4.68 Å². The standard InChI is InChI=1S/C10H17N3O/c1-13-7-8(6-12-13)9(11)10(14-2)4-3-5-10/h6-7,9H,3-5,11H2,1-2H3. The van der Waals surface area contributed by atoms with E-state index >= 15 is 0 Å². The van der Waals surface area contributed by atoms with Crippen LogP contribution in [0.2, 0.25) is 0 Å². The van der Waals surface area contributed by atoms with E-state index in [9.17, 15) is 0 Å². The maximum atomic E-state index is 6.18. The zero-order valence-electron chi connectivity index (χ0n) is 8.73. The topological polar surface area (TPSA) is 53.1 Å². The van der Waals surface area contributed by atoms with E-state index in [1.54, 1.807) is 11.8 Å². The van der Waals surface area contributed by atoms with Gasteiger partial charge in [0.25, 0.3) is 0 Å². The Morgan fingerprint density at radius 2 is 2.36 bits per heavy atom. The number of nitrogens with two attached hydrogens (primary N) is 1. The highest BCUT2D eigenvalue weighted by molar-refractivity contribution is 5.17. The zero-order chi connectivity index (χ0) is 10.2. The summed E-state index contributed by atoms with van der Waals surface area (Å²) in [6, 6.07) is -0.0463. The Kier molecular flexibility index (Phi) is 2.33. The first-order valence-electron chi connectivity index (χ1n) is 4.97. The van der Waals surface area contributed by atoms with Gasteiger partial charge in [-0.15, -0.1) is 0 Å². The molecule has 2 rings (SSSR count). The van der Waals surface area contributed by atoms with Gasteiger partial charge in [0.05, 0.1) is 17.8 Å². The molecule has 0 bridgehead atoms. The second-order valence-electron chi connectivity index (χ2n) is 4.05. The van der Waals surface area contributed by atoms with Crippen LogP contribution in [-0.2, 0) is 11.8 Å². The Balaban J connectivity index is 2.18. The Hall–Kier alpha value is -0.870. The molecular formula is C10H17N3O. The lowest BCUT2D eigenvalue weighted by molar-refractivity contribution is -0.0911. The second kappa shape index (κ2) is 3.37. The zero-order valence-corrected chi connectivity index (χ0v) is 8.73. The molecule has 1 atom stereocenters. The van der Waals surface area contributed by atoms with Crippen molar-refractivity contribution in [1.29, 1.82) is 0 Å². The van der Waals surface area contributed by atoms with Crippen molar-refractivity contribution in [1.82, 2.24) is 9.78 Å². The molecule has 1 fully saturated rings. The number of aryl methyl sites for hydroxylation is 1. The van der Waals surface area contributed by atoms with Crippen molar-refractivity contribution in [2.24, 2.45) is 12.8 Å². The summed E-state index contributed by atoms with van der Waals surface area (Å²) in [4.78, 5) is 0. The van der Waals surface area contributed by atoms with Crippen LogP contribution in [0, 0.1) is 0 Å². The highest BCUT2D eigenvalue weighted by Crippen LogP contribution is 2.43. The molecule has 1 aliphatic rings. The highest BCUT2D eigenvalue weighted by atomic mass is 16.5. The smallest absolute Gasteiger partial charge is 0.0871 e. The molecule has 2 N–H and O–H groups in total. The van der Waals surface area contributed by atoms with Crippen molar-refractivity contribution in [3.05, 3.63) is 18.0 Å². The van der Waals surface area contributed by atoms with Gasteiger partial charge < -0.3 is 10.5 Å². The molecule has 1 saturated carbocycles. The van der Waals surface area contributed by atoms with Crippen LogP contribution < -0.4 is 5.73 Å². The van der Waals surface area contributed by atoms with Gasteiger partial charge in [-0.25, -0.2) is 0 Å². The molecule has 0 radical (unpaired) electrons. The summed E-state index contributed by atoms with van der Waals surface area (Å²) in [5, 5.41) is 4.13. The molecular weight excluding hydrogens is 178 g/mol. The predicted molar refractivity (Wildman–Crippen MR) is 53.7 cm³/mol. The van der Waals surface area contributed by atoms with E-state index < -0.39 is 0 Å². The van der Waals surface area contributed by atoms with Crippen LogP contribution in [0.5, 0.6) is 0 Å². The summed E-state index contributed by atoms with van der Waals surface area (Å²) in [6.45, 7) is 0. The Morgan fingerprint density at radius 1 is 1.64 bits per heavy atom. The quantitative estimate of drug-likeness (QED) is 0.782. The fourth-order valence-electron chi connectivity index (χ4n) is 2.07. The van der Waals surface area contributed by atoms with Gasteiger partial charge in [-0.2, -0.15) is 5.10 Å². The number of nitrogens with zero attached hydrogens (tertiary/aromatic N) is 2. The van der Waals surface area contributed by atoms with E-state index in [2.05, 4.69) is 5.10 Å². The number of ether oxygens (including phenoxy) is 1. The minimum absolute atomic E-state index is 0.0463. The van der Waals surface area contributed by atoms with Crippen molar-refractivity contribution < 1.29 is 4.74 Å². The number of aromatic nitrogens is 2. The van der Waals surface area contributed by atoms with E-state index in [1.807, 2.05) is 19.4 Å². The Morgan fingerprint density at radius 3 is 2.71 bits per heavy atom. The molecule has 4 heteroatoms. The first-order valence-corrected chi connectivity index (χ1v) is 4.97. The lowest BCUT2D eigenvalue weighted by Crippen LogP contribution is -2.48. The van der Waals surface area contributed by atoms with Gasteiger partial charge in [-0.1, -0.05) is 0 Å². The molecule has 1 heterocycles. The number of rotatable bonds is 3. The van der Waals surface area contributed by atoms with E-state index in [4.69, 9.17) is 10.5 Å². The van der Waals surface area contributed by atoms with Crippen molar-refractivity contribution in [3.8, 4) is 0 Å². The molecule has 1 aromatic rings. The molecule has 78 valence electrons. The van der Waals surface area contributed by atoms with Crippen molar-refractivity contribution in [2.75, 3.05) is 7.11 Å². The SMILES string of the molecule is COC1(C(N)c2cnn(C)c2)CCC1. The van der Waals surface area contributed by atoms with Crippen LogP contribution in [-0.4, -0.2) is 22.5 Å². The molecule has 0 aromatic carbocycles. The highest BCUT2D eigenvalue weighted by Gasteiger charge is 2.43. The predicted octanol–water partition coefficient (Wildman–Crippen LogP) is 0.989. The van der Waals surface area contributed by atoms with Gasteiger partial charge in [0.1, 0.15) is 0 Å². The van der Waals surface area contributed by atoms with E-state index in [-0.39, 0.29) is 11.6 Å². The third kappa shape index (κ3) is 1.35. The van der Waals surface area contributed by atoms with Crippen LogP contribution in [0.4, 0.5) is 0 Å².